The number of hydrogen-bond acceptors (Lipinski definition) is 5. The molecule has 2 amide bonds. The van der Waals surface area contributed by atoms with Crippen LogP contribution in [0.3, 0.4) is 0 Å². The average Bonchev–Trinajstić information content (AvgIpc) is 2.60. The molecule has 0 atom stereocenters. The minimum Gasteiger partial charge on any atom is -0.342 e. The van der Waals surface area contributed by atoms with Gasteiger partial charge in [0, 0.05) is 38.9 Å². The molecule has 1 aromatic rings. The summed E-state index contributed by atoms with van der Waals surface area (Å²) in [4.78, 5) is 27.3. The maximum Gasteiger partial charge on any atom is 0.259 e. The largest absolute Gasteiger partial charge is 0.342 e. The summed E-state index contributed by atoms with van der Waals surface area (Å²) in [5.41, 5.74) is 1.60. The fourth-order valence-electron chi connectivity index (χ4n) is 2.72. The molecule has 27 heavy (non-hydrogen) atoms. The molecule has 0 radical (unpaired) electrons. The maximum absolute atomic E-state index is 12.7. The lowest BCUT2D eigenvalue weighted by Crippen LogP contribution is -2.40. The number of fused-ring (bicyclic) bond motifs is 1. The van der Waals surface area contributed by atoms with Crippen molar-refractivity contribution in [2.45, 2.75) is 13.5 Å². The highest BCUT2D eigenvalue weighted by molar-refractivity contribution is 7.90. The Labute approximate surface area is 157 Å². The van der Waals surface area contributed by atoms with Crippen molar-refractivity contribution in [3.05, 3.63) is 53.8 Å². The van der Waals surface area contributed by atoms with Crippen LogP contribution in [0.25, 0.3) is 0 Å². The number of hydrogen-bond donors (Lipinski definition) is 1. The van der Waals surface area contributed by atoms with Gasteiger partial charge in [-0.15, -0.1) is 4.40 Å². The molecule has 0 fully saturated rings. The number of anilines is 1. The molecule has 0 saturated heterocycles. The topological polar surface area (TPSA) is 99.1 Å². The van der Waals surface area contributed by atoms with Crippen molar-refractivity contribution < 1.29 is 18.0 Å². The van der Waals surface area contributed by atoms with Crippen LogP contribution in [0.2, 0.25) is 0 Å². The number of carbonyl (C=O) groups excluding carboxylic acids is 2. The Morgan fingerprint density at radius 2 is 2.11 bits per heavy atom. The Morgan fingerprint density at radius 1 is 1.33 bits per heavy atom. The van der Waals surface area contributed by atoms with Gasteiger partial charge in [0.15, 0.2) is 5.84 Å². The van der Waals surface area contributed by atoms with Crippen LogP contribution in [0.4, 0.5) is 5.69 Å². The van der Waals surface area contributed by atoms with E-state index in [9.17, 15) is 18.0 Å². The second-order valence-electron chi connectivity index (χ2n) is 6.35. The number of benzene rings is 1. The molecule has 9 heteroatoms. The number of allylic oxidation sites excluding steroid dienone is 2. The van der Waals surface area contributed by atoms with E-state index in [1.807, 2.05) is 6.07 Å². The second-order valence-corrected chi connectivity index (χ2v) is 8.10. The van der Waals surface area contributed by atoms with Gasteiger partial charge >= 0.3 is 0 Å². The van der Waals surface area contributed by atoms with E-state index in [1.54, 1.807) is 53.4 Å². The van der Waals surface area contributed by atoms with Crippen molar-refractivity contribution >= 4 is 33.4 Å². The van der Waals surface area contributed by atoms with E-state index in [0.29, 0.717) is 12.2 Å². The van der Waals surface area contributed by atoms with Crippen LogP contribution in [-0.2, 0) is 26.2 Å². The summed E-state index contributed by atoms with van der Waals surface area (Å²) in [6.45, 7) is 2.16. The number of carbonyl (C=O) groups is 2. The van der Waals surface area contributed by atoms with Gasteiger partial charge < -0.3 is 15.1 Å². The molecular formula is C18H20N4O4S. The number of amides is 2. The fourth-order valence-corrected chi connectivity index (χ4v) is 3.71. The fraction of sp³-hybridized carbons (Fsp3) is 0.278. The first-order valence-electron chi connectivity index (χ1n) is 8.35. The molecule has 0 unspecified atom stereocenters. The Kier molecular flexibility index (Phi) is 5.13. The molecule has 0 aromatic heterocycles. The zero-order valence-corrected chi connectivity index (χ0v) is 15.9. The standard InChI is InChI=1S/C18H20N4O4S/c1-13(23)21(2)12-14-5-3-6-15(11-14)19-18(24)16-7-4-8-22-9-10-27(25,26)20-17(16)22/h3-8,11H,9-10,12H2,1-2H3,(H,19,24). The quantitative estimate of drug-likeness (QED) is 0.833. The molecule has 0 spiro atoms. The van der Waals surface area contributed by atoms with Crippen LogP contribution in [0.5, 0.6) is 0 Å². The summed E-state index contributed by atoms with van der Waals surface area (Å²) in [5.74, 6) is -0.451. The van der Waals surface area contributed by atoms with Gasteiger partial charge in [-0.3, -0.25) is 9.59 Å². The second kappa shape index (κ2) is 7.36. The third kappa shape index (κ3) is 4.43. The molecular weight excluding hydrogens is 368 g/mol. The van der Waals surface area contributed by atoms with E-state index >= 15 is 0 Å². The van der Waals surface area contributed by atoms with Gasteiger partial charge in [0.05, 0.1) is 11.3 Å². The predicted molar refractivity (Wildman–Crippen MR) is 102 cm³/mol. The highest BCUT2D eigenvalue weighted by Gasteiger charge is 2.29. The summed E-state index contributed by atoms with van der Waals surface area (Å²) < 4.78 is 27.4. The molecule has 0 saturated carbocycles. The first-order valence-corrected chi connectivity index (χ1v) is 9.96. The summed E-state index contributed by atoms with van der Waals surface area (Å²) in [6, 6.07) is 7.14. The lowest BCUT2D eigenvalue weighted by atomic mass is 10.1. The van der Waals surface area contributed by atoms with Crippen LogP contribution in [0.15, 0.2) is 52.6 Å². The van der Waals surface area contributed by atoms with E-state index in [0.717, 1.165) is 5.56 Å². The normalized spacial score (nSPS) is 17.5. The van der Waals surface area contributed by atoms with Crippen LogP contribution < -0.4 is 5.32 Å². The molecule has 0 bridgehead atoms. The van der Waals surface area contributed by atoms with Crippen LogP contribution >= 0.6 is 0 Å². The van der Waals surface area contributed by atoms with E-state index in [-0.39, 0.29) is 29.6 Å². The monoisotopic (exact) mass is 388 g/mol. The molecule has 8 nitrogen and oxygen atoms in total. The van der Waals surface area contributed by atoms with E-state index in [2.05, 4.69) is 9.71 Å². The van der Waals surface area contributed by atoms with Gasteiger partial charge in [-0.25, -0.2) is 8.42 Å². The van der Waals surface area contributed by atoms with Crippen molar-refractivity contribution in [1.82, 2.24) is 9.80 Å². The third-order valence-electron chi connectivity index (χ3n) is 4.24. The summed E-state index contributed by atoms with van der Waals surface area (Å²) in [6.07, 6.45) is 4.92. The number of nitrogens with zero attached hydrogens (tertiary/aromatic N) is 3. The molecule has 142 valence electrons. The number of amidine groups is 1. The van der Waals surface area contributed by atoms with E-state index in [1.165, 1.54) is 6.92 Å². The van der Waals surface area contributed by atoms with E-state index < -0.39 is 15.9 Å². The number of nitrogens with one attached hydrogen (secondary N) is 1. The highest BCUT2D eigenvalue weighted by atomic mass is 32.2. The Balaban J connectivity index is 1.79. The maximum atomic E-state index is 12.7. The summed E-state index contributed by atoms with van der Waals surface area (Å²) in [7, 11) is -1.87. The van der Waals surface area contributed by atoms with Gasteiger partial charge in [-0.1, -0.05) is 12.1 Å². The zero-order chi connectivity index (χ0) is 19.6. The summed E-state index contributed by atoms with van der Waals surface area (Å²) in [5, 5.41) is 2.77. The predicted octanol–water partition coefficient (Wildman–Crippen LogP) is 1.10. The molecule has 3 rings (SSSR count). The van der Waals surface area contributed by atoms with Crippen LogP contribution in [0.1, 0.15) is 12.5 Å². The average molecular weight is 388 g/mol. The smallest absolute Gasteiger partial charge is 0.259 e. The van der Waals surface area contributed by atoms with Crippen molar-refractivity contribution in [3.63, 3.8) is 0 Å². The first kappa shape index (κ1) is 18.8. The molecule has 0 aliphatic carbocycles. The van der Waals surface area contributed by atoms with Crippen LogP contribution in [-0.4, -0.2) is 55.2 Å². The van der Waals surface area contributed by atoms with Crippen molar-refractivity contribution in [1.29, 1.82) is 0 Å². The summed E-state index contributed by atoms with van der Waals surface area (Å²) >= 11 is 0. The highest BCUT2D eigenvalue weighted by Crippen LogP contribution is 2.20. The minimum absolute atomic E-state index is 0.0554. The third-order valence-corrected chi connectivity index (χ3v) is 5.39. The zero-order valence-electron chi connectivity index (χ0n) is 15.0. The van der Waals surface area contributed by atoms with Gasteiger partial charge in [0.25, 0.3) is 15.9 Å². The van der Waals surface area contributed by atoms with Crippen LogP contribution in [0, 0.1) is 0 Å². The number of sulfonamides is 1. The molecule has 1 aromatic carbocycles. The van der Waals surface area contributed by atoms with Gasteiger partial charge in [-0.2, -0.15) is 0 Å². The SMILES string of the molecule is CC(=O)N(C)Cc1cccc(NC(=O)C2=CC=CN3CCS(=O)(=O)N=C23)c1. The van der Waals surface area contributed by atoms with Crippen molar-refractivity contribution in [2.75, 3.05) is 24.7 Å². The molecule has 2 aliphatic heterocycles. The first-order chi connectivity index (χ1) is 12.7. The van der Waals surface area contributed by atoms with Gasteiger partial charge in [0.2, 0.25) is 5.91 Å². The van der Waals surface area contributed by atoms with Crippen molar-refractivity contribution in [3.8, 4) is 0 Å². The Bertz CT molecular complexity index is 979. The number of rotatable bonds is 4. The Hall–Kier alpha value is -2.94. The lowest BCUT2D eigenvalue weighted by molar-refractivity contribution is -0.128. The molecule has 2 heterocycles. The van der Waals surface area contributed by atoms with Crippen molar-refractivity contribution in [2.24, 2.45) is 4.40 Å². The van der Waals surface area contributed by atoms with E-state index in [4.69, 9.17) is 0 Å². The Morgan fingerprint density at radius 3 is 2.85 bits per heavy atom. The van der Waals surface area contributed by atoms with Gasteiger partial charge in [-0.05, 0) is 29.8 Å². The van der Waals surface area contributed by atoms with Gasteiger partial charge in [0.1, 0.15) is 0 Å². The lowest BCUT2D eigenvalue weighted by Gasteiger charge is -2.28. The molecule has 2 aliphatic rings. The molecule has 1 N–H and O–H groups in total. The minimum atomic E-state index is -3.57.